The molecule has 0 amide bonds. The lowest BCUT2D eigenvalue weighted by molar-refractivity contribution is 0.577. The zero-order valence-electron chi connectivity index (χ0n) is 8.46. The van der Waals surface area contributed by atoms with Crippen LogP contribution in [0, 0.1) is 6.92 Å². The van der Waals surface area contributed by atoms with Crippen molar-refractivity contribution in [1.82, 2.24) is 4.98 Å². The maximum Gasteiger partial charge on any atom is 0.132 e. The fourth-order valence-corrected chi connectivity index (χ4v) is 1.97. The van der Waals surface area contributed by atoms with Gasteiger partial charge in [-0.1, -0.05) is 11.6 Å². The molecule has 14 heavy (non-hydrogen) atoms. The summed E-state index contributed by atoms with van der Waals surface area (Å²) in [6.07, 6.45) is 5.82. The molecule has 1 fully saturated rings. The highest BCUT2D eigenvalue weighted by atomic mass is 35.5. The molecule has 0 spiro atoms. The summed E-state index contributed by atoms with van der Waals surface area (Å²) < 4.78 is 0. The van der Waals surface area contributed by atoms with Crippen LogP contribution < -0.4 is 4.90 Å². The van der Waals surface area contributed by atoms with Gasteiger partial charge in [0.1, 0.15) is 5.15 Å². The molecule has 0 atom stereocenters. The van der Waals surface area contributed by atoms with Crippen molar-refractivity contribution in [2.75, 3.05) is 18.0 Å². The van der Waals surface area contributed by atoms with E-state index in [-0.39, 0.29) is 0 Å². The van der Waals surface area contributed by atoms with E-state index in [4.69, 9.17) is 11.6 Å². The van der Waals surface area contributed by atoms with E-state index in [9.17, 15) is 0 Å². The number of rotatable bonds is 1. The van der Waals surface area contributed by atoms with Crippen LogP contribution >= 0.6 is 11.6 Å². The van der Waals surface area contributed by atoms with Crippen molar-refractivity contribution in [3.05, 3.63) is 23.0 Å². The van der Waals surface area contributed by atoms with E-state index in [1.165, 1.54) is 24.9 Å². The highest BCUT2D eigenvalue weighted by molar-refractivity contribution is 6.30. The van der Waals surface area contributed by atoms with Crippen LogP contribution in [0.15, 0.2) is 12.3 Å². The van der Waals surface area contributed by atoms with E-state index in [1.54, 1.807) is 0 Å². The number of nitrogens with zero attached hydrogens (tertiary/aromatic N) is 2. The van der Waals surface area contributed by atoms with Crippen LogP contribution in [0.3, 0.4) is 0 Å². The van der Waals surface area contributed by atoms with Crippen molar-refractivity contribution in [3.63, 3.8) is 0 Å². The van der Waals surface area contributed by atoms with Crippen LogP contribution in [0.1, 0.15) is 24.8 Å². The minimum absolute atomic E-state index is 0.616. The van der Waals surface area contributed by atoms with Gasteiger partial charge in [0.05, 0.1) is 11.9 Å². The quantitative estimate of drug-likeness (QED) is 0.663. The smallest absolute Gasteiger partial charge is 0.132 e. The van der Waals surface area contributed by atoms with Gasteiger partial charge in [-0.2, -0.15) is 0 Å². The van der Waals surface area contributed by atoms with Crippen molar-refractivity contribution >= 4 is 17.3 Å². The zero-order valence-corrected chi connectivity index (χ0v) is 9.22. The molecule has 0 unspecified atom stereocenters. The molecule has 2 nitrogen and oxygen atoms in total. The molecular formula is C11H15ClN2. The lowest BCUT2D eigenvalue weighted by atomic mass is 10.1. The molecule has 0 aromatic carbocycles. The van der Waals surface area contributed by atoms with E-state index in [0.717, 1.165) is 18.7 Å². The topological polar surface area (TPSA) is 16.1 Å². The zero-order chi connectivity index (χ0) is 9.97. The summed E-state index contributed by atoms with van der Waals surface area (Å²) in [6, 6.07) is 2.13. The molecule has 1 aromatic heterocycles. The molecular weight excluding hydrogens is 196 g/mol. The monoisotopic (exact) mass is 210 g/mol. The molecule has 0 saturated carbocycles. The van der Waals surface area contributed by atoms with Crippen molar-refractivity contribution in [2.45, 2.75) is 26.2 Å². The number of halogens is 1. The Morgan fingerprint density at radius 2 is 2.00 bits per heavy atom. The largest absolute Gasteiger partial charge is 0.370 e. The molecule has 1 aromatic rings. The number of hydrogen-bond donors (Lipinski definition) is 0. The van der Waals surface area contributed by atoms with Crippen molar-refractivity contribution in [1.29, 1.82) is 0 Å². The van der Waals surface area contributed by atoms with Crippen LogP contribution in [0.25, 0.3) is 0 Å². The first-order valence-electron chi connectivity index (χ1n) is 5.14. The Bertz CT molecular complexity index is 319. The number of anilines is 1. The first-order chi connectivity index (χ1) is 6.77. The van der Waals surface area contributed by atoms with Crippen LogP contribution in [-0.4, -0.2) is 18.1 Å². The van der Waals surface area contributed by atoms with E-state index >= 15 is 0 Å². The third-order valence-electron chi connectivity index (χ3n) is 2.72. The molecule has 0 bridgehead atoms. The Morgan fingerprint density at radius 3 is 2.64 bits per heavy atom. The maximum atomic E-state index is 5.89. The van der Waals surface area contributed by atoms with E-state index < -0.39 is 0 Å². The fourth-order valence-electron chi connectivity index (χ4n) is 1.87. The van der Waals surface area contributed by atoms with Gasteiger partial charge in [0.2, 0.25) is 0 Å². The second kappa shape index (κ2) is 4.18. The van der Waals surface area contributed by atoms with E-state index in [2.05, 4.69) is 16.0 Å². The van der Waals surface area contributed by atoms with Crippen molar-refractivity contribution in [2.24, 2.45) is 0 Å². The number of pyridine rings is 1. The normalized spacial score (nSPS) is 17.1. The third kappa shape index (κ3) is 2.01. The Balaban J connectivity index is 2.18. The average molecular weight is 211 g/mol. The maximum absolute atomic E-state index is 5.89. The SMILES string of the molecule is Cc1cc(N2CCCCC2)cnc1Cl. The summed E-state index contributed by atoms with van der Waals surface area (Å²) in [5.41, 5.74) is 2.28. The molecule has 0 N–H and O–H groups in total. The predicted molar refractivity (Wildman–Crippen MR) is 60.0 cm³/mol. The lowest BCUT2D eigenvalue weighted by Crippen LogP contribution is -2.29. The van der Waals surface area contributed by atoms with Gasteiger partial charge in [-0.05, 0) is 37.8 Å². The van der Waals surface area contributed by atoms with Gasteiger partial charge >= 0.3 is 0 Å². The van der Waals surface area contributed by atoms with Gasteiger partial charge in [0.15, 0.2) is 0 Å². The summed E-state index contributed by atoms with van der Waals surface area (Å²) in [5, 5.41) is 0.616. The number of aryl methyl sites for hydroxylation is 1. The molecule has 1 saturated heterocycles. The molecule has 76 valence electrons. The van der Waals surface area contributed by atoms with E-state index in [1.807, 2.05) is 13.1 Å². The highest BCUT2D eigenvalue weighted by Crippen LogP contribution is 2.22. The molecule has 0 aliphatic carbocycles. The Hall–Kier alpha value is -0.760. The Labute approximate surface area is 89.9 Å². The Morgan fingerprint density at radius 1 is 1.29 bits per heavy atom. The summed E-state index contributed by atoms with van der Waals surface area (Å²) in [6.45, 7) is 4.31. The van der Waals surface area contributed by atoms with Crippen LogP contribution in [0.5, 0.6) is 0 Å². The standard InChI is InChI=1S/C11H15ClN2/c1-9-7-10(8-13-11(9)12)14-5-3-2-4-6-14/h7-8H,2-6H2,1H3. The molecule has 3 heteroatoms. The average Bonchev–Trinajstić information content (AvgIpc) is 2.23. The van der Waals surface area contributed by atoms with Gasteiger partial charge in [0, 0.05) is 13.1 Å². The van der Waals surface area contributed by atoms with Gasteiger partial charge in [-0.3, -0.25) is 0 Å². The molecule has 2 heterocycles. The molecule has 0 radical (unpaired) electrons. The minimum atomic E-state index is 0.616. The summed E-state index contributed by atoms with van der Waals surface area (Å²) in [5.74, 6) is 0. The van der Waals surface area contributed by atoms with Crippen LogP contribution in [-0.2, 0) is 0 Å². The van der Waals surface area contributed by atoms with Crippen LogP contribution in [0.2, 0.25) is 5.15 Å². The van der Waals surface area contributed by atoms with Crippen molar-refractivity contribution in [3.8, 4) is 0 Å². The Kier molecular flexibility index (Phi) is 2.92. The number of aromatic nitrogens is 1. The fraction of sp³-hybridized carbons (Fsp3) is 0.545. The number of piperidine rings is 1. The van der Waals surface area contributed by atoms with Gasteiger partial charge in [0.25, 0.3) is 0 Å². The lowest BCUT2D eigenvalue weighted by Gasteiger charge is -2.28. The minimum Gasteiger partial charge on any atom is -0.370 e. The summed E-state index contributed by atoms with van der Waals surface area (Å²) in [4.78, 5) is 6.57. The highest BCUT2D eigenvalue weighted by Gasteiger charge is 2.11. The molecule has 2 rings (SSSR count). The second-order valence-electron chi connectivity index (χ2n) is 3.85. The van der Waals surface area contributed by atoms with Gasteiger partial charge < -0.3 is 4.90 Å². The predicted octanol–water partition coefficient (Wildman–Crippen LogP) is 3.03. The van der Waals surface area contributed by atoms with Gasteiger partial charge in [-0.15, -0.1) is 0 Å². The van der Waals surface area contributed by atoms with Gasteiger partial charge in [-0.25, -0.2) is 4.98 Å². The number of hydrogen-bond acceptors (Lipinski definition) is 2. The van der Waals surface area contributed by atoms with Crippen molar-refractivity contribution < 1.29 is 0 Å². The first-order valence-corrected chi connectivity index (χ1v) is 5.52. The second-order valence-corrected chi connectivity index (χ2v) is 4.21. The third-order valence-corrected chi connectivity index (χ3v) is 3.12. The first kappa shape index (κ1) is 9.78. The summed E-state index contributed by atoms with van der Waals surface area (Å²) >= 11 is 5.89. The molecule has 1 aliphatic heterocycles. The molecule has 1 aliphatic rings. The van der Waals surface area contributed by atoms with E-state index in [0.29, 0.717) is 5.15 Å². The van der Waals surface area contributed by atoms with Crippen LogP contribution in [0.4, 0.5) is 5.69 Å². The summed E-state index contributed by atoms with van der Waals surface area (Å²) in [7, 11) is 0.